The molecule has 2 fully saturated rings. The van der Waals surface area contributed by atoms with Crippen molar-refractivity contribution in [2.45, 2.75) is 31.7 Å². The van der Waals surface area contributed by atoms with Gasteiger partial charge in [-0.1, -0.05) is 23.7 Å². The van der Waals surface area contributed by atoms with Gasteiger partial charge in [0.05, 0.1) is 11.6 Å². The lowest BCUT2D eigenvalue weighted by atomic mass is 10.0. The van der Waals surface area contributed by atoms with E-state index in [4.69, 9.17) is 9.78 Å². The summed E-state index contributed by atoms with van der Waals surface area (Å²) in [4.78, 5) is 14.6. The number of carbonyl (C=O) groups excluding carboxylic acids is 1. The van der Waals surface area contributed by atoms with E-state index in [2.05, 4.69) is 11.2 Å². The van der Waals surface area contributed by atoms with E-state index in [0.717, 1.165) is 24.9 Å². The highest BCUT2D eigenvalue weighted by Crippen LogP contribution is 2.38. The molecule has 116 valence electrons. The van der Waals surface area contributed by atoms with Crippen molar-refractivity contribution >= 4 is 5.91 Å². The summed E-state index contributed by atoms with van der Waals surface area (Å²) in [6, 6.07) is 11.3. The normalized spacial score (nSPS) is 22.8. The minimum Gasteiger partial charge on any atom is -0.350 e. The molecule has 2 atom stereocenters. The summed E-state index contributed by atoms with van der Waals surface area (Å²) >= 11 is 0. The fraction of sp³-hybridized carbons (Fsp3) is 0.389. The summed E-state index contributed by atoms with van der Waals surface area (Å²) in [6.45, 7) is 0.814. The molecule has 23 heavy (non-hydrogen) atoms. The summed E-state index contributed by atoms with van der Waals surface area (Å²) in [6.07, 6.45) is 4.64. The van der Waals surface area contributed by atoms with E-state index in [1.165, 1.54) is 12.8 Å². The van der Waals surface area contributed by atoms with Crippen LogP contribution < -0.4 is 0 Å². The van der Waals surface area contributed by atoms with E-state index >= 15 is 0 Å². The fourth-order valence-corrected chi connectivity index (χ4v) is 3.89. The van der Waals surface area contributed by atoms with Gasteiger partial charge in [-0.3, -0.25) is 4.79 Å². The van der Waals surface area contributed by atoms with Crippen LogP contribution in [0.3, 0.4) is 0 Å². The molecule has 0 spiro atoms. The number of amides is 1. The second kappa shape index (κ2) is 5.54. The van der Waals surface area contributed by atoms with E-state index in [1.807, 2.05) is 11.0 Å². The molecular formula is C18H17N3O2. The molecule has 2 heterocycles. The second-order valence-electron chi connectivity index (χ2n) is 6.31. The first-order chi connectivity index (χ1) is 11.3. The molecule has 0 N–H and O–H groups in total. The van der Waals surface area contributed by atoms with E-state index in [0.29, 0.717) is 23.2 Å². The summed E-state index contributed by atoms with van der Waals surface area (Å²) < 4.78 is 5.29. The molecule has 1 saturated heterocycles. The minimum absolute atomic E-state index is 0.0606. The van der Waals surface area contributed by atoms with Crippen molar-refractivity contribution in [1.82, 2.24) is 10.1 Å². The SMILES string of the molecule is N#Cc1cccc(-c2cc(C(=O)N3CCC4CCCC43)on2)c1. The number of fused-ring (bicyclic) bond motifs is 1. The van der Waals surface area contributed by atoms with Crippen LogP contribution in [0.2, 0.25) is 0 Å². The number of aromatic nitrogens is 1. The first kappa shape index (κ1) is 14.0. The van der Waals surface area contributed by atoms with E-state index < -0.39 is 0 Å². The fourth-order valence-electron chi connectivity index (χ4n) is 3.89. The van der Waals surface area contributed by atoms with Gasteiger partial charge in [-0.05, 0) is 37.3 Å². The summed E-state index contributed by atoms with van der Waals surface area (Å²) in [5.74, 6) is 0.887. The van der Waals surface area contributed by atoms with Gasteiger partial charge >= 0.3 is 0 Å². The molecule has 2 unspecified atom stereocenters. The van der Waals surface area contributed by atoms with Crippen LogP contribution in [0, 0.1) is 17.2 Å². The predicted molar refractivity (Wildman–Crippen MR) is 83.4 cm³/mol. The smallest absolute Gasteiger partial charge is 0.292 e. The van der Waals surface area contributed by atoms with Gasteiger partial charge in [0, 0.05) is 24.2 Å². The minimum atomic E-state index is -0.0606. The van der Waals surface area contributed by atoms with Crippen LogP contribution in [0.4, 0.5) is 0 Å². The predicted octanol–water partition coefficient (Wildman–Crippen LogP) is 3.23. The third kappa shape index (κ3) is 2.40. The molecule has 1 aromatic heterocycles. The summed E-state index contributed by atoms with van der Waals surface area (Å²) in [7, 11) is 0. The molecule has 2 aromatic rings. The van der Waals surface area contributed by atoms with Gasteiger partial charge in [0.25, 0.3) is 5.91 Å². The molecule has 5 heteroatoms. The Morgan fingerprint density at radius 1 is 1.30 bits per heavy atom. The number of nitrogens with zero attached hydrogens (tertiary/aromatic N) is 3. The van der Waals surface area contributed by atoms with Crippen molar-refractivity contribution in [3.05, 3.63) is 41.7 Å². The summed E-state index contributed by atoms with van der Waals surface area (Å²) in [5.41, 5.74) is 1.94. The number of nitriles is 1. The number of likely N-dealkylation sites (tertiary alicyclic amines) is 1. The third-order valence-electron chi connectivity index (χ3n) is 5.03. The molecule has 1 aliphatic carbocycles. The Morgan fingerprint density at radius 2 is 2.22 bits per heavy atom. The first-order valence-electron chi connectivity index (χ1n) is 8.04. The van der Waals surface area contributed by atoms with Crippen molar-refractivity contribution < 1.29 is 9.32 Å². The lowest BCUT2D eigenvalue weighted by Crippen LogP contribution is -2.35. The molecule has 1 aliphatic heterocycles. The lowest BCUT2D eigenvalue weighted by Gasteiger charge is -2.22. The average molecular weight is 307 g/mol. The number of hydrogen-bond donors (Lipinski definition) is 0. The standard InChI is InChI=1S/C18H17N3O2/c19-11-12-3-1-5-14(9-12)15-10-17(23-20-15)18(22)21-8-7-13-4-2-6-16(13)21/h1,3,5,9-10,13,16H,2,4,6-8H2. The third-order valence-corrected chi connectivity index (χ3v) is 5.03. The molecule has 5 nitrogen and oxygen atoms in total. The average Bonchev–Trinajstić information content (AvgIpc) is 3.30. The Kier molecular flexibility index (Phi) is 3.38. The molecular weight excluding hydrogens is 290 g/mol. The zero-order valence-electron chi connectivity index (χ0n) is 12.7. The van der Waals surface area contributed by atoms with Crippen LogP contribution in [-0.4, -0.2) is 28.6 Å². The van der Waals surface area contributed by atoms with Crippen LogP contribution >= 0.6 is 0 Å². The zero-order chi connectivity index (χ0) is 15.8. The van der Waals surface area contributed by atoms with Gasteiger partial charge in [-0.2, -0.15) is 5.26 Å². The Balaban J connectivity index is 1.58. The maximum atomic E-state index is 12.7. The largest absolute Gasteiger partial charge is 0.350 e. The number of rotatable bonds is 2. The number of hydrogen-bond acceptors (Lipinski definition) is 4. The van der Waals surface area contributed by atoms with Gasteiger partial charge in [0.2, 0.25) is 5.76 Å². The maximum Gasteiger partial charge on any atom is 0.292 e. The van der Waals surface area contributed by atoms with Crippen molar-refractivity contribution in [1.29, 1.82) is 5.26 Å². The quantitative estimate of drug-likeness (QED) is 0.854. The maximum absolute atomic E-state index is 12.7. The lowest BCUT2D eigenvalue weighted by molar-refractivity contribution is 0.0686. The van der Waals surface area contributed by atoms with Crippen LogP contribution in [-0.2, 0) is 0 Å². The molecule has 2 aliphatic rings. The van der Waals surface area contributed by atoms with Gasteiger partial charge in [0.1, 0.15) is 5.69 Å². The topological polar surface area (TPSA) is 70.1 Å². The van der Waals surface area contributed by atoms with Crippen LogP contribution in [0.25, 0.3) is 11.3 Å². The van der Waals surface area contributed by atoms with Crippen molar-refractivity contribution in [2.24, 2.45) is 5.92 Å². The highest BCUT2D eigenvalue weighted by atomic mass is 16.5. The Labute approximate surface area is 134 Å². The van der Waals surface area contributed by atoms with Gasteiger partial charge in [-0.15, -0.1) is 0 Å². The van der Waals surface area contributed by atoms with Gasteiger partial charge in [-0.25, -0.2) is 0 Å². The highest BCUT2D eigenvalue weighted by molar-refractivity contribution is 5.93. The molecule has 1 saturated carbocycles. The second-order valence-corrected chi connectivity index (χ2v) is 6.31. The van der Waals surface area contributed by atoms with E-state index in [9.17, 15) is 4.79 Å². The van der Waals surface area contributed by atoms with Crippen molar-refractivity contribution in [3.8, 4) is 17.3 Å². The Hall–Kier alpha value is -2.61. The van der Waals surface area contributed by atoms with Crippen molar-refractivity contribution in [2.75, 3.05) is 6.54 Å². The van der Waals surface area contributed by atoms with Gasteiger partial charge in [0.15, 0.2) is 0 Å². The monoisotopic (exact) mass is 307 g/mol. The van der Waals surface area contributed by atoms with E-state index in [1.54, 1.807) is 24.3 Å². The van der Waals surface area contributed by atoms with E-state index in [-0.39, 0.29) is 11.7 Å². The number of carbonyl (C=O) groups is 1. The summed E-state index contributed by atoms with van der Waals surface area (Å²) in [5, 5.41) is 13.0. The van der Waals surface area contributed by atoms with Crippen molar-refractivity contribution in [3.63, 3.8) is 0 Å². The molecule has 1 amide bonds. The molecule has 0 bridgehead atoms. The van der Waals surface area contributed by atoms with Crippen LogP contribution in [0.15, 0.2) is 34.9 Å². The highest BCUT2D eigenvalue weighted by Gasteiger charge is 2.41. The Bertz CT molecular complexity index is 790. The van der Waals surface area contributed by atoms with Crippen LogP contribution in [0.1, 0.15) is 41.8 Å². The van der Waals surface area contributed by atoms with Crippen LogP contribution in [0.5, 0.6) is 0 Å². The molecule has 1 aromatic carbocycles. The first-order valence-corrected chi connectivity index (χ1v) is 8.04. The molecule has 4 rings (SSSR count). The zero-order valence-corrected chi connectivity index (χ0v) is 12.7. The van der Waals surface area contributed by atoms with Gasteiger partial charge < -0.3 is 9.42 Å². The molecule has 0 radical (unpaired) electrons. The number of benzene rings is 1. The Morgan fingerprint density at radius 3 is 3.09 bits per heavy atom.